The molecule has 116 valence electrons. The second-order valence-electron chi connectivity index (χ2n) is 7.68. The molecular weight excluding hydrogens is 270 g/mol. The van der Waals surface area contributed by atoms with Gasteiger partial charge < -0.3 is 5.32 Å². The van der Waals surface area contributed by atoms with Crippen molar-refractivity contribution in [1.29, 1.82) is 0 Å². The largest absolute Gasteiger partial charge is 0.353 e. The molecule has 0 saturated heterocycles. The molecule has 0 aliphatic heterocycles. The van der Waals surface area contributed by atoms with Gasteiger partial charge in [0.05, 0.1) is 5.41 Å². The zero-order valence-electron chi connectivity index (χ0n) is 13.3. The topological polar surface area (TPSA) is 29.1 Å². The SMILES string of the molecule is CCC1(C(=O)NC2CC2)CC2(C=CC3(C=CCC=C3)C=C2)C1. The Balaban J connectivity index is 1.47. The smallest absolute Gasteiger partial charge is 0.226 e. The van der Waals surface area contributed by atoms with Gasteiger partial charge in [-0.1, -0.05) is 55.5 Å². The summed E-state index contributed by atoms with van der Waals surface area (Å²) in [5, 5.41) is 3.22. The van der Waals surface area contributed by atoms with Gasteiger partial charge in [0.2, 0.25) is 5.91 Å². The highest BCUT2D eigenvalue weighted by atomic mass is 16.2. The summed E-state index contributed by atoms with van der Waals surface area (Å²) < 4.78 is 0. The zero-order valence-corrected chi connectivity index (χ0v) is 13.3. The Morgan fingerprint density at radius 3 is 2.23 bits per heavy atom. The lowest BCUT2D eigenvalue weighted by Gasteiger charge is -2.54. The van der Waals surface area contributed by atoms with Crippen molar-refractivity contribution in [1.82, 2.24) is 5.32 Å². The molecule has 0 heterocycles. The second kappa shape index (κ2) is 4.71. The summed E-state index contributed by atoms with van der Waals surface area (Å²) >= 11 is 0. The van der Waals surface area contributed by atoms with Crippen molar-refractivity contribution in [3.63, 3.8) is 0 Å². The molecule has 4 aliphatic rings. The third-order valence-electron chi connectivity index (χ3n) is 5.90. The fraction of sp³-hybridized carbons (Fsp3) is 0.550. The van der Waals surface area contributed by atoms with Crippen LogP contribution in [-0.2, 0) is 4.79 Å². The number of hydrogen-bond donors (Lipinski definition) is 1. The summed E-state index contributed by atoms with van der Waals surface area (Å²) in [6.45, 7) is 2.16. The van der Waals surface area contributed by atoms with Crippen LogP contribution >= 0.6 is 0 Å². The third-order valence-corrected chi connectivity index (χ3v) is 5.90. The predicted octanol–water partition coefficient (Wildman–Crippen LogP) is 4.07. The monoisotopic (exact) mass is 295 g/mol. The van der Waals surface area contributed by atoms with Gasteiger partial charge >= 0.3 is 0 Å². The molecule has 2 spiro atoms. The first-order valence-corrected chi connectivity index (χ1v) is 8.67. The van der Waals surface area contributed by atoms with Crippen molar-refractivity contribution in [3.05, 3.63) is 48.6 Å². The Hall–Kier alpha value is -1.57. The molecule has 2 fully saturated rings. The molecular formula is C20H25NO. The first-order valence-electron chi connectivity index (χ1n) is 8.67. The van der Waals surface area contributed by atoms with Crippen LogP contribution in [0.4, 0.5) is 0 Å². The Morgan fingerprint density at radius 2 is 1.68 bits per heavy atom. The number of nitrogens with one attached hydrogen (secondary N) is 1. The van der Waals surface area contributed by atoms with Crippen LogP contribution in [0.1, 0.15) is 45.4 Å². The van der Waals surface area contributed by atoms with Gasteiger partial charge in [0.1, 0.15) is 0 Å². The minimum atomic E-state index is -0.139. The molecule has 4 aliphatic carbocycles. The first kappa shape index (κ1) is 14.0. The van der Waals surface area contributed by atoms with Crippen LogP contribution in [0.3, 0.4) is 0 Å². The van der Waals surface area contributed by atoms with Crippen molar-refractivity contribution >= 4 is 5.91 Å². The average molecular weight is 295 g/mol. The molecule has 2 saturated carbocycles. The highest BCUT2D eigenvalue weighted by Crippen LogP contribution is 2.60. The molecule has 0 radical (unpaired) electrons. The van der Waals surface area contributed by atoms with E-state index in [4.69, 9.17) is 0 Å². The molecule has 1 N–H and O–H groups in total. The van der Waals surface area contributed by atoms with Crippen LogP contribution < -0.4 is 5.32 Å². The van der Waals surface area contributed by atoms with E-state index in [0.717, 1.165) is 38.5 Å². The van der Waals surface area contributed by atoms with Crippen LogP contribution in [0, 0.1) is 16.2 Å². The van der Waals surface area contributed by atoms with Gasteiger partial charge in [-0.15, -0.1) is 0 Å². The number of carbonyl (C=O) groups excluding carboxylic acids is 1. The number of hydrogen-bond acceptors (Lipinski definition) is 1. The number of amides is 1. The van der Waals surface area contributed by atoms with Crippen LogP contribution in [0.5, 0.6) is 0 Å². The van der Waals surface area contributed by atoms with Gasteiger partial charge in [-0.3, -0.25) is 4.79 Å². The quantitative estimate of drug-likeness (QED) is 0.781. The number of carbonyl (C=O) groups is 1. The Kier molecular flexibility index (Phi) is 3.01. The van der Waals surface area contributed by atoms with Crippen molar-refractivity contribution < 1.29 is 4.79 Å². The summed E-state index contributed by atoms with van der Waals surface area (Å²) in [7, 11) is 0. The summed E-state index contributed by atoms with van der Waals surface area (Å²) in [5.74, 6) is 0.294. The molecule has 0 atom stereocenters. The van der Waals surface area contributed by atoms with Crippen molar-refractivity contribution in [3.8, 4) is 0 Å². The fourth-order valence-electron chi connectivity index (χ4n) is 4.21. The first-order chi connectivity index (χ1) is 10.6. The lowest BCUT2D eigenvalue weighted by molar-refractivity contribution is -0.141. The van der Waals surface area contributed by atoms with Crippen molar-refractivity contribution in [2.75, 3.05) is 0 Å². The fourth-order valence-corrected chi connectivity index (χ4v) is 4.21. The molecule has 0 bridgehead atoms. The molecule has 1 amide bonds. The predicted molar refractivity (Wildman–Crippen MR) is 89.2 cm³/mol. The van der Waals surface area contributed by atoms with E-state index in [1.54, 1.807) is 0 Å². The molecule has 22 heavy (non-hydrogen) atoms. The van der Waals surface area contributed by atoms with E-state index in [1.165, 1.54) is 0 Å². The highest BCUT2D eigenvalue weighted by molar-refractivity contribution is 5.85. The van der Waals surface area contributed by atoms with E-state index >= 15 is 0 Å². The summed E-state index contributed by atoms with van der Waals surface area (Å²) in [4.78, 5) is 12.6. The third kappa shape index (κ3) is 2.20. The van der Waals surface area contributed by atoms with Crippen LogP contribution in [0.15, 0.2) is 48.6 Å². The van der Waals surface area contributed by atoms with E-state index in [-0.39, 0.29) is 16.2 Å². The standard InChI is InChI=1S/C20H25NO/c1-2-20(17(22)21-16-6-7-16)14-19(15-20)12-10-18(11-13-19)8-4-3-5-9-18/h4-5,8-13,16H,2-3,6-7,14-15H2,1H3,(H,21,22). The molecule has 2 heteroatoms. The van der Waals surface area contributed by atoms with Crippen molar-refractivity contribution in [2.24, 2.45) is 16.2 Å². The number of rotatable bonds is 3. The molecule has 4 rings (SSSR count). The van der Waals surface area contributed by atoms with Crippen LogP contribution in [0.2, 0.25) is 0 Å². The minimum Gasteiger partial charge on any atom is -0.353 e. The lowest BCUT2D eigenvalue weighted by Crippen LogP contribution is -2.54. The lowest BCUT2D eigenvalue weighted by atomic mass is 9.49. The van der Waals surface area contributed by atoms with Crippen LogP contribution in [0.25, 0.3) is 0 Å². The van der Waals surface area contributed by atoms with Crippen LogP contribution in [-0.4, -0.2) is 11.9 Å². The normalized spacial score (nSPS) is 28.8. The molecule has 2 nitrogen and oxygen atoms in total. The maximum absolute atomic E-state index is 12.6. The van der Waals surface area contributed by atoms with E-state index in [9.17, 15) is 4.79 Å². The maximum Gasteiger partial charge on any atom is 0.226 e. The van der Waals surface area contributed by atoms with E-state index in [1.807, 2.05) is 0 Å². The summed E-state index contributed by atoms with van der Waals surface area (Å²) in [5.41, 5.74) is -0.0362. The molecule has 0 aromatic rings. The zero-order chi connectivity index (χ0) is 15.3. The Morgan fingerprint density at radius 1 is 1.05 bits per heavy atom. The van der Waals surface area contributed by atoms with Gasteiger partial charge in [-0.05, 0) is 38.5 Å². The second-order valence-corrected chi connectivity index (χ2v) is 7.68. The molecule has 0 aromatic heterocycles. The number of allylic oxidation sites excluding steroid dienone is 8. The summed E-state index contributed by atoms with van der Waals surface area (Å²) in [6, 6.07) is 0.464. The van der Waals surface area contributed by atoms with Crippen molar-refractivity contribution in [2.45, 2.75) is 51.5 Å². The van der Waals surface area contributed by atoms with E-state index in [2.05, 4.69) is 60.8 Å². The van der Waals surface area contributed by atoms with Gasteiger partial charge in [-0.25, -0.2) is 0 Å². The van der Waals surface area contributed by atoms with E-state index in [0.29, 0.717) is 11.9 Å². The average Bonchev–Trinajstić information content (AvgIpc) is 3.31. The van der Waals surface area contributed by atoms with E-state index < -0.39 is 0 Å². The molecule has 0 aromatic carbocycles. The minimum absolute atomic E-state index is 0.00969. The summed E-state index contributed by atoms with van der Waals surface area (Å²) in [6.07, 6.45) is 24.6. The molecule has 0 unspecified atom stereocenters. The van der Waals surface area contributed by atoms with Gasteiger partial charge in [0.25, 0.3) is 0 Å². The van der Waals surface area contributed by atoms with Gasteiger partial charge in [0, 0.05) is 16.9 Å². The maximum atomic E-state index is 12.6. The Labute approximate surface area is 133 Å². The van der Waals surface area contributed by atoms with Gasteiger partial charge in [-0.2, -0.15) is 0 Å². The van der Waals surface area contributed by atoms with Gasteiger partial charge in [0.15, 0.2) is 0 Å². The Bertz CT molecular complexity index is 567. The highest BCUT2D eigenvalue weighted by Gasteiger charge is 2.56.